The Morgan fingerprint density at radius 2 is 1.80 bits per heavy atom. The monoisotopic (exact) mass is 555 g/mol. The molecule has 3 aromatic rings. The number of fused-ring (bicyclic) bond motifs is 2. The van der Waals surface area contributed by atoms with Gasteiger partial charge >= 0.3 is 6.03 Å². The van der Waals surface area contributed by atoms with Gasteiger partial charge in [0.05, 0.1) is 24.1 Å². The second-order valence-electron chi connectivity index (χ2n) is 11.9. The van der Waals surface area contributed by atoms with Crippen molar-refractivity contribution in [2.75, 3.05) is 42.9 Å². The smallest absolute Gasteiger partial charge is 0.317 e. The van der Waals surface area contributed by atoms with Gasteiger partial charge in [0, 0.05) is 57.4 Å². The van der Waals surface area contributed by atoms with Crippen LogP contribution in [0.15, 0.2) is 42.6 Å². The summed E-state index contributed by atoms with van der Waals surface area (Å²) in [6, 6.07) is 11.8. The zero-order chi connectivity index (χ0) is 28.5. The summed E-state index contributed by atoms with van der Waals surface area (Å²) in [6.45, 7) is 9.55. The molecule has 9 nitrogen and oxygen atoms in total. The van der Waals surface area contributed by atoms with E-state index in [2.05, 4.69) is 26.7 Å². The molecule has 6 rings (SSSR count). The summed E-state index contributed by atoms with van der Waals surface area (Å²) in [4.78, 5) is 33.1. The van der Waals surface area contributed by atoms with Gasteiger partial charge in [-0.2, -0.15) is 5.10 Å². The molecule has 41 heavy (non-hydrogen) atoms. The van der Waals surface area contributed by atoms with Gasteiger partial charge in [-0.05, 0) is 73.6 Å². The Kier molecular flexibility index (Phi) is 7.71. The van der Waals surface area contributed by atoms with Gasteiger partial charge in [-0.1, -0.05) is 25.0 Å². The minimum Gasteiger partial charge on any atom is -0.338 e. The predicted octanol–water partition coefficient (Wildman–Crippen LogP) is 4.96. The Morgan fingerprint density at radius 3 is 2.56 bits per heavy atom. The lowest BCUT2D eigenvalue weighted by Crippen LogP contribution is -2.52. The van der Waals surface area contributed by atoms with Crippen LogP contribution < -0.4 is 15.5 Å². The number of carbonyl (C=O) groups excluding carboxylic acids is 2. The van der Waals surface area contributed by atoms with Crippen LogP contribution in [0.4, 0.5) is 22.0 Å². The van der Waals surface area contributed by atoms with Gasteiger partial charge in [0.1, 0.15) is 5.82 Å². The highest BCUT2D eigenvalue weighted by molar-refractivity contribution is 6.08. The molecule has 0 spiro atoms. The summed E-state index contributed by atoms with van der Waals surface area (Å²) in [7, 11) is 1.90. The first kappa shape index (κ1) is 27.3. The molecule has 2 aliphatic heterocycles. The first-order chi connectivity index (χ1) is 19.9. The van der Waals surface area contributed by atoms with Gasteiger partial charge in [0.25, 0.3) is 5.91 Å². The molecule has 0 unspecified atom stereocenters. The Hall–Kier alpha value is -3.85. The standard InChI is InChI=1S/C32H41N7O2/c1-22-8-11-29-28(16-22)35-30-27(19-34-36(30)3)21-39(29)31(40)25-9-10-26(23(2)17-25)18-33-32(41)38-14-12-37(13-15-38)20-24-6-4-5-7-24/h8-11,16-17,19,24,35H,4-7,12-15,18,20-21H2,1-3H3,(H,33,41). The molecule has 0 radical (unpaired) electrons. The van der Waals surface area contributed by atoms with E-state index in [1.807, 2.05) is 67.2 Å². The molecule has 1 aromatic heterocycles. The van der Waals surface area contributed by atoms with E-state index in [1.165, 1.54) is 32.2 Å². The third-order valence-electron chi connectivity index (χ3n) is 8.95. The van der Waals surface area contributed by atoms with E-state index >= 15 is 0 Å². The quantitative estimate of drug-likeness (QED) is 0.465. The molecule has 3 heterocycles. The maximum absolute atomic E-state index is 13.9. The van der Waals surface area contributed by atoms with Gasteiger partial charge in [0.15, 0.2) is 0 Å². The van der Waals surface area contributed by atoms with E-state index in [0.717, 1.165) is 71.5 Å². The Morgan fingerprint density at radius 1 is 1.02 bits per heavy atom. The van der Waals surface area contributed by atoms with Crippen molar-refractivity contribution in [1.82, 2.24) is 24.9 Å². The molecular weight excluding hydrogens is 514 g/mol. The molecule has 9 heteroatoms. The fourth-order valence-corrected chi connectivity index (χ4v) is 6.47. The van der Waals surface area contributed by atoms with Crippen molar-refractivity contribution in [1.29, 1.82) is 0 Å². The van der Waals surface area contributed by atoms with Gasteiger partial charge < -0.3 is 20.4 Å². The molecule has 0 bridgehead atoms. The number of carbonyl (C=O) groups is 2. The maximum Gasteiger partial charge on any atom is 0.317 e. The van der Waals surface area contributed by atoms with E-state index in [9.17, 15) is 9.59 Å². The van der Waals surface area contributed by atoms with Crippen LogP contribution in [0.2, 0.25) is 0 Å². The van der Waals surface area contributed by atoms with E-state index in [-0.39, 0.29) is 11.9 Å². The number of nitrogens with zero attached hydrogens (tertiary/aromatic N) is 5. The third-order valence-corrected chi connectivity index (χ3v) is 8.95. The van der Waals surface area contributed by atoms with Crippen LogP contribution in [0.1, 0.15) is 58.3 Å². The zero-order valence-corrected chi connectivity index (χ0v) is 24.4. The van der Waals surface area contributed by atoms with E-state index in [0.29, 0.717) is 18.7 Å². The number of aryl methyl sites for hydroxylation is 3. The largest absolute Gasteiger partial charge is 0.338 e. The van der Waals surface area contributed by atoms with Crippen molar-refractivity contribution >= 4 is 29.1 Å². The molecule has 216 valence electrons. The SMILES string of the molecule is Cc1ccc2c(c1)Nc1c(cnn1C)CN2C(=O)c1ccc(CNC(=O)N2CCN(CC3CCCC3)CC2)c(C)c1. The second-order valence-corrected chi connectivity index (χ2v) is 11.9. The summed E-state index contributed by atoms with van der Waals surface area (Å²) < 4.78 is 1.80. The minimum atomic E-state index is -0.0669. The minimum absolute atomic E-state index is 0.0127. The fourth-order valence-electron chi connectivity index (χ4n) is 6.47. The Balaban J connectivity index is 1.09. The number of hydrogen-bond acceptors (Lipinski definition) is 5. The van der Waals surface area contributed by atoms with Crippen LogP contribution in [0.25, 0.3) is 0 Å². The van der Waals surface area contributed by atoms with Crippen LogP contribution in [0, 0.1) is 19.8 Å². The van der Waals surface area contributed by atoms with Crippen LogP contribution in [0.3, 0.4) is 0 Å². The molecule has 0 atom stereocenters. The van der Waals surface area contributed by atoms with Gasteiger partial charge in [0.2, 0.25) is 0 Å². The molecule has 3 amide bonds. The summed E-state index contributed by atoms with van der Waals surface area (Å²) in [5, 5.41) is 11.0. The van der Waals surface area contributed by atoms with Crippen molar-refractivity contribution < 1.29 is 9.59 Å². The average molecular weight is 556 g/mol. The first-order valence-corrected chi connectivity index (χ1v) is 14.9. The number of rotatable bonds is 5. The molecule has 2 aromatic carbocycles. The highest BCUT2D eigenvalue weighted by Crippen LogP contribution is 2.37. The highest BCUT2D eigenvalue weighted by atomic mass is 16.2. The van der Waals surface area contributed by atoms with Crippen LogP contribution in [-0.2, 0) is 20.1 Å². The number of benzene rings is 2. The van der Waals surface area contributed by atoms with Crippen LogP contribution in [-0.4, -0.2) is 64.2 Å². The van der Waals surface area contributed by atoms with E-state index in [1.54, 1.807) is 4.68 Å². The van der Waals surface area contributed by atoms with E-state index < -0.39 is 0 Å². The number of piperazine rings is 1. The summed E-state index contributed by atoms with van der Waals surface area (Å²) in [5.41, 5.74) is 6.42. The molecule has 2 fully saturated rings. The lowest BCUT2D eigenvalue weighted by molar-refractivity contribution is 0.0985. The lowest BCUT2D eigenvalue weighted by atomic mass is 10.0. The average Bonchev–Trinajstić information content (AvgIpc) is 3.57. The Labute approximate surface area is 242 Å². The second kappa shape index (κ2) is 11.6. The molecule has 2 N–H and O–H groups in total. The molecule has 1 aliphatic carbocycles. The first-order valence-electron chi connectivity index (χ1n) is 14.9. The number of aromatic nitrogens is 2. The summed E-state index contributed by atoms with van der Waals surface area (Å²) in [6.07, 6.45) is 7.28. The van der Waals surface area contributed by atoms with Gasteiger partial charge in [-0.25, -0.2) is 4.79 Å². The van der Waals surface area contributed by atoms with Crippen molar-refractivity contribution in [3.8, 4) is 0 Å². The van der Waals surface area contributed by atoms with Crippen molar-refractivity contribution in [3.63, 3.8) is 0 Å². The molecule has 3 aliphatic rings. The summed E-state index contributed by atoms with van der Waals surface area (Å²) >= 11 is 0. The molecule has 1 saturated heterocycles. The van der Waals surface area contributed by atoms with Crippen molar-refractivity contribution in [2.45, 2.75) is 52.6 Å². The Bertz CT molecular complexity index is 1430. The fraction of sp³-hybridized carbons (Fsp3) is 0.469. The number of urea groups is 1. The molecular formula is C32H41N7O2. The topological polar surface area (TPSA) is 85.7 Å². The van der Waals surface area contributed by atoms with Crippen molar-refractivity contribution in [3.05, 3.63) is 70.4 Å². The number of hydrogen-bond donors (Lipinski definition) is 2. The number of amides is 3. The van der Waals surface area contributed by atoms with E-state index in [4.69, 9.17) is 0 Å². The van der Waals surface area contributed by atoms with Gasteiger partial charge in [-0.15, -0.1) is 0 Å². The van der Waals surface area contributed by atoms with Crippen molar-refractivity contribution in [2.24, 2.45) is 13.0 Å². The normalized spacial score (nSPS) is 17.5. The predicted molar refractivity (Wildman–Crippen MR) is 162 cm³/mol. The van der Waals surface area contributed by atoms with Crippen LogP contribution >= 0.6 is 0 Å². The summed E-state index contributed by atoms with van der Waals surface area (Å²) in [5.74, 6) is 1.67. The number of anilines is 3. The molecule has 1 saturated carbocycles. The third kappa shape index (κ3) is 5.81. The highest BCUT2D eigenvalue weighted by Gasteiger charge is 2.28. The maximum atomic E-state index is 13.9. The van der Waals surface area contributed by atoms with Crippen LogP contribution in [0.5, 0.6) is 0 Å². The zero-order valence-electron chi connectivity index (χ0n) is 24.4. The lowest BCUT2D eigenvalue weighted by Gasteiger charge is -2.36. The van der Waals surface area contributed by atoms with Gasteiger partial charge in [-0.3, -0.25) is 14.4 Å². The number of nitrogens with one attached hydrogen (secondary N) is 2.